The van der Waals surface area contributed by atoms with Gasteiger partial charge in [-0.25, -0.2) is 0 Å². The Morgan fingerprint density at radius 3 is 1.93 bits per heavy atom. The van der Waals surface area contributed by atoms with Crippen molar-refractivity contribution in [2.24, 2.45) is 5.92 Å². The third kappa shape index (κ3) is 3.34. The van der Waals surface area contributed by atoms with Crippen LogP contribution >= 0.6 is 12.4 Å². The van der Waals surface area contributed by atoms with E-state index in [0.29, 0.717) is 11.9 Å². The van der Waals surface area contributed by atoms with Crippen molar-refractivity contribution in [1.29, 1.82) is 0 Å². The number of benzene rings is 2. The maximum atomic E-state index is 12.9. The standard InChI is InChI=1S/C23H27N3O.ClH/c27-23(17-9-11-24-12-10-17)26-15-13-25(14-16-26)22-20-7-3-1-5-18(20)19-6-2-4-8-21(19)22;/h1-8,17,22,24H,9-16H2;1H. The van der Waals surface area contributed by atoms with Crippen molar-refractivity contribution in [2.75, 3.05) is 39.3 Å². The van der Waals surface area contributed by atoms with Gasteiger partial charge in [0, 0.05) is 32.1 Å². The number of hydrogen-bond donors (Lipinski definition) is 1. The molecule has 2 aliphatic heterocycles. The fourth-order valence-corrected chi connectivity index (χ4v) is 5.05. The number of rotatable bonds is 2. The van der Waals surface area contributed by atoms with Crippen molar-refractivity contribution in [1.82, 2.24) is 15.1 Å². The first-order chi connectivity index (χ1) is 13.3. The van der Waals surface area contributed by atoms with E-state index in [0.717, 1.165) is 52.1 Å². The first-order valence-electron chi connectivity index (χ1n) is 10.2. The molecule has 0 atom stereocenters. The van der Waals surface area contributed by atoms with Crippen LogP contribution < -0.4 is 5.32 Å². The second kappa shape index (κ2) is 8.24. The van der Waals surface area contributed by atoms with Crippen LogP contribution in [0.4, 0.5) is 0 Å². The van der Waals surface area contributed by atoms with E-state index in [1.165, 1.54) is 22.3 Å². The highest BCUT2D eigenvalue weighted by atomic mass is 35.5. The lowest BCUT2D eigenvalue weighted by Gasteiger charge is -2.40. The molecule has 1 aliphatic carbocycles. The summed E-state index contributed by atoms with van der Waals surface area (Å²) in [6.45, 7) is 5.55. The Balaban J connectivity index is 0.00000192. The van der Waals surface area contributed by atoms with E-state index >= 15 is 0 Å². The summed E-state index contributed by atoms with van der Waals surface area (Å²) in [7, 11) is 0. The van der Waals surface area contributed by atoms with Gasteiger partial charge in [-0.05, 0) is 48.2 Å². The van der Waals surface area contributed by atoms with Gasteiger partial charge in [0.1, 0.15) is 0 Å². The summed E-state index contributed by atoms with van der Waals surface area (Å²) in [5.41, 5.74) is 5.56. The second-order valence-corrected chi connectivity index (χ2v) is 7.96. The highest BCUT2D eigenvalue weighted by Crippen LogP contribution is 2.46. The Morgan fingerprint density at radius 2 is 1.36 bits per heavy atom. The Bertz CT molecular complexity index is 796. The summed E-state index contributed by atoms with van der Waals surface area (Å²) in [6, 6.07) is 17.9. The SMILES string of the molecule is Cl.O=C(C1CCNCC1)N1CCN(C2c3ccccc3-c3ccccc32)CC1. The fourth-order valence-electron chi connectivity index (χ4n) is 5.05. The van der Waals surface area contributed by atoms with Crippen LogP contribution in [0.25, 0.3) is 11.1 Å². The van der Waals surface area contributed by atoms with Gasteiger partial charge in [0.15, 0.2) is 0 Å². The summed E-state index contributed by atoms with van der Waals surface area (Å²) in [5, 5.41) is 3.36. The van der Waals surface area contributed by atoms with Gasteiger partial charge in [0.2, 0.25) is 5.91 Å². The molecule has 5 rings (SSSR count). The van der Waals surface area contributed by atoms with Crippen LogP contribution in [0.2, 0.25) is 0 Å². The topological polar surface area (TPSA) is 35.6 Å². The molecule has 0 unspecified atom stereocenters. The molecule has 2 aromatic carbocycles. The molecule has 3 aliphatic rings. The average Bonchev–Trinajstić information content (AvgIpc) is 3.08. The summed E-state index contributed by atoms with van der Waals surface area (Å²) in [6.07, 6.45) is 1.98. The number of piperidine rings is 1. The smallest absolute Gasteiger partial charge is 0.225 e. The molecular weight excluding hydrogens is 370 g/mol. The zero-order chi connectivity index (χ0) is 18.2. The van der Waals surface area contributed by atoms with Crippen molar-refractivity contribution in [3.63, 3.8) is 0 Å². The minimum atomic E-state index is 0. The van der Waals surface area contributed by atoms with Crippen LogP contribution in [0.15, 0.2) is 48.5 Å². The number of nitrogens with one attached hydrogen (secondary N) is 1. The third-order valence-electron chi connectivity index (χ3n) is 6.48. The van der Waals surface area contributed by atoms with Crippen LogP contribution in [0.1, 0.15) is 30.0 Å². The quantitative estimate of drug-likeness (QED) is 0.844. The number of hydrogen-bond acceptors (Lipinski definition) is 3. The van der Waals surface area contributed by atoms with Crippen molar-refractivity contribution < 1.29 is 4.79 Å². The molecule has 2 heterocycles. The molecule has 1 amide bonds. The lowest BCUT2D eigenvalue weighted by atomic mass is 9.96. The number of halogens is 1. The summed E-state index contributed by atoms with van der Waals surface area (Å²) < 4.78 is 0. The zero-order valence-electron chi connectivity index (χ0n) is 16.1. The van der Waals surface area contributed by atoms with Gasteiger partial charge in [-0.1, -0.05) is 48.5 Å². The molecule has 0 saturated carbocycles. The third-order valence-corrected chi connectivity index (χ3v) is 6.48. The Hall–Kier alpha value is -1.88. The number of piperazine rings is 1. The van der Waals surface area contributed by atoms with E-state index in [4.69, 9.17) is 0 Å². The summed E-state index contributed by atoms with van der Waals surface area (Å²) in [5.74, 6) is 0.606. The number of amides is 1. The van der Waals surface area contributed by atoms with E-state index < -0.39 is 0 Å². The first-order valence-corrected chi connectivity index (χ1v) is 10.2. The molecule has 0 radical (unpaired) electrons. The highest BCUT2D eigenvalue weighted by molar-refractivity contribution is 5.85. The number of nitrogens with zero attached hydrogens (tertiary/aromatic N) is 2. The Morgan fingerprint density at radius 1 is 0.821 bits per heavy atom. The van der Waals surface area contributed by atoms with Gasteiger partial charge in [0.05, 0.1) is 6.04 Å². The largest absolute Gasteiger partial charge is 0.340 e. The molecule has 5 heteroatoms. The van der Waals surface area contributed by atoms with E-state index in [-0.39, 0.29) is 18.3 Å². The molecule has 0 bridgehead atoms. The van der Waals surface area contributed by atoms with Crippen molar-refractivity contribution in [3.8, 4) is 11.1 Å². The lowest BCUT2D eigenvalue weighted by molar-refractivity contribution is -0.138. The van der Waals surface area contributed by atoms with Crippen molar-refractivity contribution in [3.05, 3.63) is 59.7 Å². The zero-order valence-corrected chi connectivity index (χ0v) is 17.0. The average molecular weight is 398 g/mol. The molecule has 0 aromatic heterocycles. The lowest BCUT2D eigenvalue weighted by Crippen LogP contribution is -2.52. The van der Waals surface area contributed by atoms with Gasteiger partial charge in [0.25, 0.3) is 0 Å². The second-order valence-electron chi connectivity index (χ2n) is 7.96. The molecule has 2 fully saturated rings. The molecule has 2 aromatic rings. The Kier molecular flexibility index (Phi) is 5.72. The van der Waals surface area contributed by atoms with Crippen LogP contribution in [0.3, 0.4) is 0 Å². The van der Waals surface area contributed by atoms with E-state index in [1.54, 1.807) is 0 Å². The van der Waals surface area contributed by atoms with Crippen molar-refractivity contribution >= 4 is 18.3 Å². The van der Waals surface area contributed by atoms with Crippen LogP contribution in [-0.4, -0.2) is 55.0 Å². The maximum absolute atomic E-state index is 12.9. The van der Waals surface area contributed by atoms with E-state index in [9.17, 15) is 4.79 Å². The predicted molar refractivity (Wildman–Crippen MR) is 115 cm³/mol. The van der Waals surface area contributed by atoms with Gasteiger partial charge in [-0.2, -0.15) is 0 Å². The maximum Gasteiger partial charge on any atom is 0.225 e. The van der Waals surface area contributed by atoms with Crippen LogP contribution in [0.5, 0.6) is 0 Å². The highest BCUT2D eigenvalue weighted by Gasteiger charge is 2.35. The fraction of sp³-hybridized carbons (Fsp3) is 0.435. The molecule has 0 spiro atoms. The molecule has 1 N–H and O–H groups in total. The molecule has 28 heavy (non-hydrogen) atoms. The first kappa shape index (κ1) is 19.4. The normalized spacial score (nSPS) is 20.4. The molecular formula is C23H28ClN3O. The molecule has 4 nitrogen and oxygen atoms in total. The number of carbonyl (C=O) groups excluding carboxylic acids is 1. The Labute approximate surface area is 173 Å². The van der Waals surface area contributed by atoms with Crippen LogP contribution in [0, 0.1) is 5.92 Å². The van der Waals surface area contributed by atoms with E-state index in [2.05, 4.69) is 63.6 Å². The van der Waals surface area contributed by atoms with Gasteiger partial charge in [-0.15, -0.1) is 12.4 Å². The molecule has 2 saturated heterocycles. The summed E-state index contributed by atoms with van der Waals surface area (Å²) in [4.78, 5) is 17.5. The number of carbonyl (C=O) groups is 1. The summed E-state index contributed by atoms with van der Waals surface area (Å²) >= 11 is 0. The predicted octanol–water partition coefficient (Wildman–Crippen LogP) is 3.32. The minimum Gasteiger partial charge on any atom is -0.340 e. The monoisotopic (exact) mass is 397 g/mol. The molecule has 148 valence electrons. The minimum absolute atomic E-state index is 0. The van der Waals surface area contributed by atoms with Gasteiger partial charge < -0.3 is 10.2 Å². The van der Waals surface area contributed by atoms with E-state index in [1.807, 2.05) is 0 Å². The van der Waals surface area contributed by atoms with Crippen molar-refractivity contribution in [2.45, 2.75) is 18.9 Å². The van der Waals surface area contributed by atoms with Gasteiger partial charge >= 0.3 is 0 Å². The number of fused-ring (bicyclic) bond motifs is 3. The van der Waals surface area contributed by atoms with Gasteiger partial charge in [-0.3, -0.25) is 9.69 Å². The van der Waals surface area contributed by atoms with Crippen LogP contribution in [-0.2, 0) is 4.79 Å².